The van der Waals surface area contributed by atoms with E-state index in [9.17, 15) is 4.79 Å². The highest BCUT2D eigenvalue weighted by molar-refractivity contribution is 6.44. The number of nitrogens with one attached hydrogen (secondary N) is 1. The molecular formula is C17H12Cl3N3O2. The van der Waals surface area contributed by atoms with Gasteiger partial charge in [-0.15, -0.1) is 0 Å². The lowest BCUT2D eigenvalue weighted by molar-refractivity contribution is -0.116. The molecule has 3 rings (SSSR count). The van der Waals surface area contributed by atoms with Gasteiger partial charge in [0.15, 0.2) is 0 Å². The van der Waals surface area contributed by atoms with Crippen molar-refractivity contribution in [2.75, 3.05) is 5.32 Å². The molecule has 1 N–H and O–H groups in total. The van der Waals surface area contributed by atoms with Crippen molar-refractivity contribution in [1.82, 2.24) is 10.1 Å². The topological polar surface area (TPSA) is 68.0 Å². The molecule has 0 spiro atoms. The van der Waals surface area contributed by atoms with Gasteiger partial charge < -0.3 is 9.84 Å². The van der Waals surface area contributed by atoms with Crippen LogP contribution in [0.2, 0.25) is 15.1 Å². The van der Waals surface area contributed by atoms with Gasteiger partial charge in [-0.1, -0.05) is 46.0 Å². The Bertz CT molecular complexity index is 894. The molecule has 0 unspecified atom stereocenters. The van der Waals surface area contributed by atoms with Gasteiger partial charge >= 0.3 is 0 Å². The zero-order valence-electron chi connectivity index (χ0n) is 12.8. The molecule has 0 saturated heterocycles. The Labute approximate surface area is 158 Å². The number of carbonyl (C=O) groups excluding carboxylic acids is 1. The fourth-order valence-corrected chi connectivity index (χ4v) is 2.58. The van der Waals surface area contributed by atoms with Crippen LogP contribution < -0.4 is 5.32 Å². The molecule has 0 fully saturated rings. The Morgan fingerprint density at radius 3 is 2.60 bits per heavy atom. The van der Waals surface area contributed by atoms with E-state index in [2.05, 4.69) is 15.5 Å². The zero-order valence-corrected chi connectivity index (χ0v) is 15.1. The molecule has 8 heteroatoms. The summed E-state index contributed by atoms with van der Waals surface area (Å²) in [5, 5.41) is 7.92. The Hall–Kier alpha value is -2.08. The van der Waals surface area contributed by atoms with Crippen LogP contribution >= 0.6 is 34.8 Å². The largest absolute Gasteiger partial charge is 0.339 e. The number of benzene rings is 2. The van der Waals surface area contributed by atoms with E-state index in [0.29, 0.717) is 38.9 Å². The van der Waals surface area contributed by atoms with Crippen molar-refractivity contribution in [3.63, 3.8) is 0 Å². The highest BCUT2D eigenvalue weighted by Gasteiger charge is 2.12. The lowest BCUT2D eigenvalue weighted by Gasteiger charge is -2.07. The second-order valence-electron chi connectivity index (χ2n) is 5.17. The lowest BCUT2D eigenvalue weighted by atomic mass is 10.2. The molecule has 0 aliphatic carbocycles. The summed E-state index contributed by atoms with van der Waals surface area (Å²) in [4.78, 5) is 16.3. The summed E-state index contributed by atoms with van der Waals surface area (Å²) < 4.78 is 5.17. The summed E-state index contributed by atoms with van der Waals surface area (Å²) in [5.41, 5.74) is 1.25. The fraction of sp³-hybridized carbons (Fsp3) is 0.118. The van der Waals surface area contributed by atoms with Gasteiger partial charge in [0.25, 0.3) is 0 Å². The lowest BCUT2D eigenvalue weighted by Crippen LogP contribution is -2.12. The van der Waals surface area contributed by atoms with Crippen LogP contribution in [0.4, 0.5) is 5.69 Å². The van der Waals surface area contributed by atoms with Gasteiger partial charge in [0.1, 0.15) is 0 Å². The molecule has 1 heterocycles. The number of nitrogens with zero attached hydrogens (tertiary/aromatic N) is 2. The minimum Gasteiger partial charge on any atom is -0.339 e. The third-order valence-electron chi connectivity index (χ3n) is 3.36. The molecule has 25 heavy (non-hydrogen) atoms. The first-order valence-corrected chi connectivity index (χ1v) is 8.48. The van der Waals surface area contributed by atoms with E-state index in [1.165, 1.54) is 0 Å². The van der Waals surface area contributed by atoms with Crippen molar-refractivity contribution in [2.45, 2.75) is 12.8 Å². The molecule has 128 valence electrons. The van der Waals surface area contributed by atoms with Crippen LogP contribution in [0.1, 0.15) is 12.3 Å². The van der Waals surface area contributed by atoms with Gasteiger partial charge in [0.05, 0.1) is 15.7 Å². The summed E-state index contributed by atoms with van der Waals surface area (Å²) in [6.45, 7) is 0. The van der Waals surface area contributed by atoms with Crippen LogP contribution in [0.25, 0.3) is 11.4 Å². The Balaban J connectivity index is 1.59. The highest BCUT2D eigenvalue weighted by Crippen LogP contribution is 2.29. The molecule has 5 nitrogen and oxygen atoms in total. The van der Waals surface area contributed by atoms with Crippen LogP contribution in [0.3, 0.4) is 0 Å². The molecule has 0 atom stereocenters. The molecule has 0 aliphatic heterocycles. The van der Waals surface area contributed by atoms with Crippen LogP contribution in [-0.2, 0) is 11.2 Å². The molecule has 0 aliphatic rings. The van der Waals surface area contributed by atoms with Gasteiger partial charge in [-0.3, -0.25) is 4.79 Å². The molecule has 0 saturated carbocycles. The zero-order chi connectivity index (χ0) is 17.8. The molecule has 3 aromatic rings. The number of carbonyl (C=O) groups is 1. The summed E-state index contributed by atoms with van der Waals surface area (Å²) in [5.74, 6) is 0.595. The molecule has 0 radical (unpaired) electrons. The molecule has 1 aromatic heterocycles. The van der Waals surface area contributed by atoms with Gasteiger partial charge in [-0.25, -0.2) is 0 Å². The number of amides is 1. The SMILES string of the molecule is O=C(CCc1nc(-c2ccc(Cl)cc2)no1)Nc1cccc(Cl)c1Cl. The minimum absolute atomic E-state index is 0.172. The molecule has 0 bridgehead atoms. The van der Waals surface area contributed by atoms with Crippen LogP contribution in [0.15, 0.2) is 47.0 Å². The Morgan fingerprint density at radius 2 is 1.84 bits per heavy atom. The smallest absolute Gasteiger partial charge is 0.227 e. The highest BCUT2D eigenvalue weighted by atomic mass is 35.5. The molecular weight excluding hydrogens is 385 g/mol. The number of rotatable bonds is 5. The van der Waals surface area contributed by atoms with Crippen LogP contribution in [0, 0.1) is 0 Å². The standard InChI is InChI=1S/C17H12Cl3N3O2/c18-11-6-4-10(5-7-11)17-22-15(25-23-17)9-8-14(24)21-13-3-1-2-12(19)16(13)20/h1-7H,8-9H2,(H,21,24). The minimum atomic E-state index is -0.226. The summed E-state index contributed by atoms with van der Waals surface area (Å²) >= 11 is 17.8. The average molecular weight is 397 g/mol. The maximum atomic E-state index is 12.0. The van der Waals surface area contributed by atoms with E-state index in [0.717, 1.165) is 5.56 Å². The maximum absolute atomic E-state index is 12.0. The maximum Gasteiger partial charge on any atom is 0.227 e. The number of halogens is 3. The first-order valence-electron chi connectivity index (χ1n) is 7.35. The second-order valence-corrected chi connectivity index (χ2v) is 6.39. The average Bonchev–Trinajstić information content (AvgIpc) is 3.07. The van der Waals surface area contributed by atoms with Crippen molar-refractivity contribution in [3.05, 3.63) is 63.4 Å². The first kappa shape index (κ1) is 17.7. The first-order chi connectivity index (χ1) is 12.0. The predicted octanol–water partition coefficient (Wildman–Crippen LogP) is 5.27. The number of aromatic nitrogens is 2. The third-order valence-corrected chi connectivity index (χ3v) is 4.43. The molecule has 1 amide bonds. The van der Waals surface area contributed by atoms with Gasteiger partial charge in [0.2, 0.25) is 17.6 Å². The van der Waals surface area contributed by atoms with Gasteiger partial charge in [-0.2, -0.15) is 4.98 Å². The van der Waals surface area contributed by atoms with E-state index < -0.39 is 0 Å². The second kappa shape index (κ2) is 7.87. The van der Waals surface area contributed by atoms with E-state index in [-0.39, 0.29) is 12.3 Å². The van der Waals surface area contributed by atoms with E-state index in [4.69, 9.17) is 39.3 Å². The third kappa shape index (κ3) is 4.51. The summed E-state index contributed by atoms with van der Waals surface area (Å²) in [6.07, 6.45) is 0.482. The van der Waals surface area contributed by atoms with Gasteiger partial charge in [0, 0.05) is 23.4 Å². The van der Waals surface area contributed by atoms with Crippen molar-refractivity contribution in [2.24, 2.45) is 0 Å². The van der Waals surface area contributed by atoms with Gasteiger partial charge in [-0.05, 0) is 36.4 Å². The van der Waals surface area contributed by atoms with Crippen molar-refractivity contribution < 1.29 is 9.32 Å². The summed E-state index contributed by atoms with van der Waals surface area (Å²) in [7, 11) is 0. The normalized spacial score (nSPS) is 10.7. The number of hydrogen-bond donors (Lipinski definition) is 1. The Kier molecular flexibility index (Phi) is 5.58. The predicted molar refractivity (Wildman–Crippen MR) is 98.2 cm³/mol. The van der Waals surface area contributed by atoms with Crippen LogP contribution in [-0.4, -0.2) is 16.0 Å². The van der Waals surface area contributed by atoms with Crippen LogP contribution in [0.5, 0.6) is 0 Å². The Morgan fingerprint density at radius 1 is 1.08 bits per heavy atom. The quantitative estimate of drug-likeness (QED) is 0.638. The van der Waals surface area contributed by atoms with Crippen molar-refractivity contribution in [1.29, 1.82) is 0 Å². The van der Waals surface area contributed by atoms with Crippen molar-refractivity contribution in [3.8, 4) is 11.4 Å². The number of aryl methyl sites for hydroxylation is 1. The fourth-order valence-electron chi connectivity index (χ4n) is 2.11. The number of anilines is 1. The number of hydrogen-bond acceptors (Lipinski definition) is 4. The van der Waals surface area contributed by atoms with E-state index in [1.807, 2.05) is 0 Å². The van der Waals surface area contributed by atoms with E-state index >= 15 is 0 Å². The monoisotopic (exact) mass is 395 g/mol. The molecule has 2 aromatic carbocycles. The van der Waals surface area contributed by atoms with Crippen molar-refractivity contribution >= 4 is 46.4 Å². The summed E-state index contributed by atoms with van der Waals surface area (Å²) in [6, 6.07) is 12.1. The van der Waals surface area contributed by atoms with E-state index in [1.54, 1.807) is 42.5 Å².